The van der Waals surface area contributed by atoms with Gasteiger partial charge in [-0.3, -0.25) is 4.79 Å². The molecule has 3 aromatic rings. The number of rotatable bonds is 8. The highest BCUT2D eigenvalue weighted by Gasteiger charge is 2.30. The number of nitrogens with one attached hydrogen (secondary N) is 1. The molecule has 0 aliphatic carbocycles. The summed E-state index contributed by atoms with van der Waals surface area (Å²) in [6.07, 6.45) is -3.20. The monoisotopic (exact) mass is 432 g/mol. The first-order valence-corrected chi connectivity index (χ1v) is 9.31. The molecule has 31 heavy (non-hydrogen) atoms. The molecule has 0 radical (unpaired) electrons. The molecule has 0 spiro atoms. The summed E-state index contributed by atoms with van der Waals surface area (Å²) in [5.74, 6) is 0.955. The number of ether oxygens (including phenoxy) is 2. The molecule has 6 nitrogen and oxygen atoms in total. The normalized spacial score (nSPS) is 11.5. The maximum Gasteiger partial charge on any atom is 0.416 e. The molecule has 162 valence electrons. The van der Waals surface area contributed by atoms with E-state index in [4.69, 9.17) is 13.9 Å². The molecule has 9 heteroatoms. The van der Waals surface area contributed by atoms with Crippen LogP contribution >= 0.6 is 0 Å². The first-order chi connectivity index (χ1) is 14.9. The minimum Gasteiger partial charge on any atom is -0.490 e. The smallest absolute Gasteiger partial charge is 0.416 e. The zero-order valence-corrected chi connectivity index (χ0v) is 16.5. The molecule has 3 rings (SSSR count). The topological polar surface area (TPSA) is 73.1 Å². The number of furan rings is 1. The highest BCUT2D eigenvalue weighted by Crippen LogP contribution is 2.32. The fourth-order valence-corrected chi connectivity index (χ4v) is 2.61. The van der Waals surface area contributed by atoms with Gasteiger partial charge in [0.15, 0.2) is 18.1 Å². The van der Waals surface area contributed by atoms with Crippen LogP contribution in [0.4, 0.5) is 13.2 Å². The molecule has 0 fully saturated rings. The van der Waals surface area contributed by atoms with Gasteiger partial charge >= 0.3 is 6.18 Å². The predicted octanol–water partition coefficient (Wildman–Crippen LogP) is 4.89. The average Bonchev–Trinajstić information content (AvgIpc) is 3.22. The maximum absolute atomic E-state index is 12.9. The lowest BCUT2D eigenvalue weighted by Gasteiger charge is -2.10. The van der Waals surface area contributed by atoms with Gasteiger partial charge < -0.3 is 13.9 Å². The van der Waals surface area contributed by atoms with Gasteiger partial charge in [0.25, 0.3) is 5.91 Å². The SMILES string of the molecule is CCOc1ccccc1OCC(=O)N/N=C/c1ccc(-c2cccc(C(F)(F)F)c2)o1. The summed E-state index contributed by atoms with van der Waals surface area (Å²) in [5.41, 5.74) is 1.80. The van der Waals surface area contributed by atoms with E-state index >= 15 is 0 Å². The highest BCUT2D eigenvalue weighted by molar-refractivity contribution is 5.81. The first-order valence-electron chi connectivity index (χ1n) is 9.31. The Morgan fingerprint density at radius 3 is 2.52 bits per heavy atom. The summed E-state index contributed by atoms with van der Waals surface area (Å²) >= 11 is 0. The molecule has 0 bridgehead atoms. The molecule has 1 N–H and O–H groups in total. The predicted molar refractivity (Wildman–Crippen MR) is 108 cm³/mol. The number of hydrogen-bond donors (Lipinski definition) is 1. The van der Waals surface area contributed by atoms with Crippen LogP contribution in [0.5, 0.6) is 11.5 Å². The van der Waals surface area contributed by atoms with Crippen LogP contribution < -0.4 is 14.9 Å². The zero-order chi connectivity index (χ0) is 22.3. The third-order valence-corrected chi connectivity index (χ3v) is 3.99. The van der Waals surface area contributed by atoms with E-state index in [1.807, 2.05) is 6.92 Å². The van der Waals surface area contributed by atoms with Gasteiger partial charge in [-0.15, -0.1) is 0 Å². The molecule has 0 atom stereocenters. The van der Waals surface area contributed by atoms with Gasteiger partial charge in [0.1, 0.15) is 11.5 Å². The van der Waals surface area contributed by atoms with E-state index < -0.39 is 17.6 Å². The Morgan fingerprint density at radius 2 is 1.81 bits per heavy atom. The number of carbonyl (C=O) groups is 1. The van der Waals surface area contributed by atoms with Gasteiger partial charge in [0.2, 0.25) is 0 Å². The third kappa shape index (κ3) is 6.11. The third-order valence-electron chi connectivity index (χ3n) is 3.99. The number of carbonyl (C=O) groups excluding carboxylic acids is 1. The minimum atomic E-state index is -4.44. The van der Waals surface area contributed by atoms with Crippen molar-refractivity contribution in [1.29, 1.82) is 0 Å². The van der Waals surface area contributed by atoms with Crippen LogP contribution in [-0.2, 0) is 11.0 Å². The van der Waals surface area contributed by atoms with Crippen molar-refractivity contribution in [3.8, 4) is 22.8 Å². The standard InChI is InChI=1S/C22H19F3N2O4/c1-2-29-19-8-3-4-9-20(19)30-14-21(28)27-26-13-17-10-11-18(31-17)15-6-5-7-16(12-15)22(23,24)25/h3-13H,2,14H2,1H3,(H,27,28)/b26-13+. The van der Waals surface area contributed by atoms with Crippen LogP contribution in [0.1, 0.15) is 18.2 Å². The van der Waals surface area contributed by atoms with Crippen LogP contribution in [0.25, 0.3) is 11.3 Å². The zero-order valence-electron chi connectivity index (χ0n) is 16.5. The number of hydrazone groups is 1. The van der Waals surface area contributed by atoms with E-state index in [0.717, 1.165) is 12.1 Å². The van der Waals surface area contributed by atoms with Crippen LogP contribution in [0.15, 0.2) is 70.2 Å². The molecule has 0 saturated carbocycles. The number of halogens is 3. The fraction of sp³-hybridized carbons (Fsp3) is 0.182. The molecule has 0 unspecified atom stereocenters. The maximum atomic E-state index is 12.9. The Balaban J connectivity index is 1.55. The lowest BCUT2D eigenvalue weighted by molar-refractivity contribution is -0.137. The number of nitrogens with zero attached hydrogens (tertiary/aromatic N) is 1. The number of alkyl halides is 3. The Labute approximate surface area is 176 Å². The van der Waals surface area contributed by atoms with E-state index in [1.165, 1.54) is 30.5 Å². The number of benzene rings is 2. The molecular formula is C22H19F3N2O4. The van der Waals surface area contributed by atoms with Crippen LogP contribution in [0.2, 0.25) is 0 Å². The highest BCUT2D eigenvalue weighted by atomic mass is 19.4. The average molecular weight is 432 g/mol. The van der Waals surface area contributed by atoms with Crippen molar-refractivity contribution in [3.05, 3.63) is 72.0 Å². The van der Waals surface area contributed by atoms with Crippen molar-refractivity contribution in [2.75, 3.05) is 13.2 Å². The van der Waals surface area contributed by atoms with Crippen molar-refractivity contribution in [2.45, 2.75) is 13.1 Å². The van der Waals surface area contributed by atoms with Crippen LogP contribution in [-0.4, -0.2) is 25.3 Å². The van der Waals surface area contributed by atoms with Crippen molar-refractivity contribution in [1.82, 2.24) is 5.43 Å². The summed E-state index contributed by atoms with van der Waals surface area (Å²) in [6, 6.07) is 14.8. The Morgan fingerprint density at radius 1 is 1.06 bits per heavy atom. The summed E-state index contributed by atoms with van der Waals surface area (Å²) in [7, 11) is 0. The number of para-hydroxylation sites is 2. The molecule has 0 aliphatic rings. The lowest BCUT2D eigenvalue weighted by atomic mass is 10.1. The number of amides is 1. The molecule has 2 aromatic carbocycles. The second kappa shape index (κ2) is 9.84. The largest absolute Gasteiger partial charge is 0.490 e. The molecule has 1 amide bonds. The molecule has 1 heterocycles. The molecular weight excluding hydrogens is 413 g/mol. The Kier molecular flexibility index (Phi) is 6.96. The van der Waals surface area contributed by atoms with Crippen molar-refractivity contribution < 1.29 is 31.9 Å². The van der Waals surface area contributed by atoms with Gasteiger partial charge in [-0.05, 0) is 43.3 Å². The van der Waals surface area contributed by atoms with E-state index in [-0.39, 0.29) is 23.7 Å². The minimum absolute atomic E-state index is 0.245. The fourth-order valence-electron chi connectivity index (χ4n) is 2.61. The first kappa shape index (κ1) is 21.9. The van der Waals surface area contributed by atoms with Crippen molar-refractivity contribution in [2.24, 2.45) is 5.10 Å². The lowest BCUT2D eigenvalue weighted by Crippen LogP contribution is -2.24. The molecule has 0 saturated heterocycles. The van der Waals surface area contributed by atoms with Gasteiger partial charge in [0, 0.05) is 5.56 Å². The summed E-state index contributed by atoms with van der Waals surface area (Å²) < 4.78 is 54.9. The van der Waals surface area contributed by atoms with Crippen LogP contribution in [0.3, 0.4) is 0 Å². The second-order valence-corrected chi connectivity index (χ2v) is 6.24. The van der Waals surface area contributed by atoms with Gasteiger partial charge in [-0.2, -0.15) is 18.3 Å². The van der Waals surface area contributed by atoms with Gasteiger partial charge in [-0.1, -0.05) is 24.3 Å². The van der Waals surface area contributed by atoms with Gasteiger partial charge in [-0.25, -0.2) is 5.43 Å². The second-order valence-electron chi connectivity index (χ2n) is 6.24. The van der Waals surface area contributed by atoms with E-state index in [9.17, 15) is 18.0 Å². The summed E-state index contributed by atoms with van der Waals surface area (Å²) in [5, 5.41) is 3.77. The quantitative estimate of drug-likeness (QED) is 0.406. The Hall–Kier alpha value is -3.75. The van der Waals surface area contributed by atoms with E-state index in [1.54, 1.807) is 24.3 Å². The molecule has 1 aromatic heterocycles. The number of hydrogen-bond acceptors (Lipinski definition) is 5. The van der Waals surface area contributed by atoms with Crippen molar-refractivity contribution in [3.63, 3.8) is 0 Å². The van der Waals surface area contributed by atoms with Gasteiger partial charge in [0.05, 0.1) is 18.4 Å². The Bertz CT molecular complexity index is 1060. The summed E-state index contributed by atoms with van der Waals surface area (Å²) in [4.78, 5) is 11.9. The van der Waals surface area contributed by atoms with E-state index in [2.05, 4.69) is 10.5 Å². The molecule has 0 aliphatic heterocycles. The van der Waals surface area contributed by atoms with Crippen molar-refractivity contribution >= 4 is 12.1 Å². The van der Waals surface area contributed by atoms with Crippen LogP contribution in [0, 0.1) is 0 Å². The summed E-state index contributed by atoms with van der Waals surface area (Å²) in [6.45, 7) is 2.02. The van der Waals surface area contributed by atoms with E-state index in [0.29, 0.717) is 18.1 Å².